The lowest BCUT2D eigenvalue weighted by Gasteiger charge is -2.40. The summed E-state index contributed by atoms with van der Waals surface area (Å²) in [4.78, 5) is 2.57. The number of fused-ring (bicyclic) bond motifs is 2. The molecule has 0 bridgehead atoms. The van der Waals surface area contributed by atoms with Gasteiger partial charge in [-0.2, -0.15) is 0 Å². The molecule has 2 heteroatoms. The number of rotatable bonds is 4. The quantitative estimate of drug-likeness (QED) is 0.781. The standard InChI is InChI=1S/C22H27NO/c1-2-8-21-19-11-6-7-12-20(19)22(24-21)13-15-23(16-14-22)17-18-9-4-3-5-10-18/h3-7,9-12,21H,2,8,13-17H2,1H3/t21-/m1/s1. The molecule has 1 saturated heterocycles. The number of piperidine rings is 1. The van der Waals surface area contributed by atoms with Gasteiger partial charge in [-0.15, -0.1) is 0 Å². The fourth-order valence-electron chi connectivity index (χ4n) is 4.37. The van der Waals surface area contributed by atoms with Crippen LogP contribution in [0.25, 0.3) is 0 Å². The topological polar surface area (TPSA) is 12.5 Å². The van der Waals surface area contributed by atoms with Crippen LogP contribution >= 0.6 is 0 Å². The molecule has 0 aliphatic carbocycles. The number of ether oxygens (including phenoxy) is 1. The zero-order valence-electron chi connectivity index (χ0n) is 14.6. The summed E-state index contributed by atoms with van der Waals surface area (Å²) in [7, 11) is 0. The van der Waals surface area contributed by atoms with Crippen LogP contribution in [0.2, 0.25) is 0 Å². The molecule has 1 spiro atoms. The Morgan fingerprint density at radius 1 is 1.00 bits per heavy atom. The molecule has 2 aliphatic heterocycles. The van der Waals surface area contributed by atoms with Crippen molar-refractivity contribution in [2.24, 2.45) is 0 Å². The molecule has 0 saturated carbocycles. The van der Waals surface area contributed by atoms with Crippen LogP contribution in [-0.2, 0) is 16.9 Å². The van der Waals surface area contributed by atoms with Crippen molar-refractivity contribution < 1.29 is 4.74 Å². The van der Waals surface area contributed by atoms with Crippen molar-refractivity contribution in [2.75, 3.05) is 13.1 Å². The second-order valence-electron chi connectivity index (χ2n) is 7.24. The molecule has 2 heterocycles. The fourth-order valence-corrected chi connectivity index (χ4v) is 4.37. The molecule has 2 aliphatic rings. The minimum Gasteiger partial charge on any atom is -0.362 e. The van der Waals surface area contributed by atoms with Crippen molar-refractivity contribution >= 4 is 0 Å². The minimum atomic E-state index is -0.0381. The molecule has 0 amide bonds. The first kappa shape index (κ1) is 15.9. The van der Waals surface area contributed by atoms with E-state index in [2.05, 4.69) is 66.4 Å². The molecule has 4 rings (SSSR count). The highest BCUT2D eigenvalue weighted by Gasteiger charge is 2.45. The SMILES string of the molecule is CCC[C@H]1OC2(CCN(Cc3ccccc3)CC2)c2ccccc21. The van der Waals surface area contributed by atoms with Crippen LogP contribution in [0.15, 0.2) is 54.6 Å². The first-order chi connectivity index (χ1) is 11.8. The number of benzene rings is 2. The third-order valence-corrected chi connectivity index (χ3v) is 5.63. The summed E-state index contributed by atoms with van der Waals surface area (Å²) >= 11 is 0. The first-order valence-electron chi connectivity index (χ1n) is 9.34. The van der Waals surface area contributed by atoms with Crippen LogP contribution in [0.4, 0.5) is 0 Å². The largest absolute Gasteiger partial charge is 0.362 e. The number of likely N-dealkylation sites (tertiary alicyclic amines) is 1. The van der Waals surface area contributed by atoms with Gasteiger partial charge in [0, 0.05) is 19.6 Å². The normalized spacial score (nSPS) is 22.6. The molecule has 1 fully saturated rings. The molecule has 126 valence electrons. The summed E-state index contributed by atoms with van der Waals surface area (Å²) in [5, 5.41) is 0. The predicted molar refractivity (Wildman–Crippen MR) is 97.8 cm³/mol. The van der Waals surface area contributed by atoms with Gasteiger partial charge in [0.25, 0.3) is 0 Å². The molecular formula is C22H27NO. The Balaban J connectivity index is 1.48. The van der Waals surface area contributed by atoms with Crippen LogP contribution in [0.5, 0.6) is 0 Å². The van der Waals surface area contributed by atoms with Gasteiger partial charge in [0.2, 0.25) is 0 Å². The summed E-state index contributed by atoms with van der Waals surface area (Å²) in [6, 6.07) is 19.7. The maximum atomic E-state index is 6.67. The number of hydrogen-bond donors (Lipinski definition) is 0. The Labute approximate surface area is 145 Å². The van der Waals surface area contributed by atoms with E-state index in [4.69, 9.17) is 4.74 Å². The molecule has 0 radical (unpaired) electrons. The molecule has 0 N–H and O–H groups in total. The third-order valence-electron chi connectivity index (χ3n) is 5.63. The summed E-state index contributed by atoms with van der Waals surface area (Å²) in [6.45, 7) is 5.53. The van der Waals surface area contributed by atoms with E-state index in [0.29, 0.717) is 6.10 Å². The number of nitrogens with zero attached hydrogens (tertiary/aromatic N) is 1. The van der Waals surface area contributed by atoms with Crippen LogP contribution in [-0.4, -0.2) is 18.0 Å². The van der Waals surface area contributed by atoms with E-state index >= 15 is 0 Å². The van der Waals surface area contributed by atoms with E-state index < -0.39 is 0 Å². The Kier molecular flexibility index (Phi) is 4.43. The van der Waals surface area contributed by atoms with E-state index in [-0.39, 0.29) is 5.60 Å². The van der Waals surface area contributed by atoms with Crippen LogP contribution in [0, 0.1) is 0 Å². The Bertz CT molecular complexity index is 673. The van der Waals surface area contributed by atoms with Crippen molar-refractivity contribution in [1.82, 2.24) is 4.90 Å². The smallest absolute Gasteiger partial charge is 0.0967 e. The summed E-state index contributed by atoms with van der Waals surface area (Å²) < 4.78 is 6.67. The second kappa shape index (κ2) is 6.70. The van der Waals surface area contributed by atoms with E-state index in [9.17, 15) is 0 Å². The van der Waals surface area contributed by atoms with Gasteiger partial charge in [0.15, 0.2) is 0 Å². The fraction of sp³-hybridized carbons (Fsp3) is 0.455. The zero-order chi connectivity index (χ0) is 16.4. The van der Waals surface area contributed by atoms with Crippen LogP contribution in [0.1, 0.15) is 55.4 Å². The van der Waals surface area contributed by atoms with Gasteiger partial charge in [-0.25, -0.2) is 0 Å². The van der Waals surface area contributed by atoms with Gasteiger partial charge in [0.05, 0.1) is 11.7 Å². The molecule has 2 aromatic rings. The first-order valence-corrected chi connectivity index (χ1v) is 9.34. The minimum absolute atomic E-state index is 0.0381. The number of hydrogen-bond acceptors (Lipinski definition) is 2. The summed E-state index contributed by atoms with van der Waals surface area (Å²) in [5.41, 5.74) is 4.27. The van der Waals surface area contributed by atoms with Gasteiger partial charge in [0.1, 0.15) is 0 Å². The van der Waals surface area contributed by atoms with E-state index in [0.717, 1.165) is 38.9 Å². The predicted octanol–water partition coefficient (Wildman–Crippen LogP) is 5.05. The Hall–Kier alpha value is -1.64. The molecular weight excluding hydrogens is 294 g/mol. The van der Waals surface area contributed by atoms with Crippen LogP contribution in [0.3, 0.4) is 0 Å². The van der Waals surface area contributed by atoms with Gasteiger partial charge in [-0.05, 0) is 36.0 Å². The van der Waals surface area contributed by atoms with Crippen molar-refractivity contribution in [3.8, 4) is 0 Å². The lowest BCUT2D eigenvalue weighted by atomic mass is 9.83. The zero-order valence-corrected chi connectivity index (χ0v) is 14.6. The molecule has 0 aromatic heterocycles. The third kappa shape index (κ3) is 2.89. The van der Waals surface area contributed by atoms with Gasteiger partial charge < -0.3 is 4.74 Å². The van der Waals surface area contributed by atoms with E-state index in [1.165, 1.54) is 23.1 Å². The van der Waals surface area contributed by atoms with Crippen LogP contribution < -0.4 is 0 Å². The van der Waals surface area contributed by atoms with Crippen molar-refractivity contribution in [3.05, 3.63) is 71.3 Å². The summed E-state index contributed by atoms with van der Waals surface area (Å²) in [5.74, 6) is 0. The van der Waals surface area contributed by atoms with Crippen molar-refractivity contribution in [2.45, 2.75) is 50.9 Å². The lowest BCUT2D eigenvalue weighted by molar-refractivity contribution is -0.112. The van der Waals surface area contributed by atoms with Gasteiger partial charge >= 0.3 is 0 Å². The van der Waals surface area contributed by atoms with Gasteiger partial charge in [-0.1, -0.05) is 67.9 Å². The van der Waals surface area contributed by atoms with Gasteiger partial charge in [-0.3, -0.25) is 4.90 Å². The monoisotopic (exact) mass is 321 g/mol. The molecule has 0 unspecified atom stereocenters. The molecule has 2 aromatic carbocycles. The molecule has 2 nitrogen and oxygen atoms in total. The Morgan fingerprint density at radius 3 is 2.46 bits per heavy atom. The van der Waals surface area contributed by atoms with Crippen molar-refractivity contribution in [3.63, 3.8) is 0 Å². The van der Waals surface area contributed by atoms with E-state index in [1.54, 1.807) is 0 Å². The Morgan fingerprint density at radius 2 is 1.71 bits per heavy atom. The van der Waals surface area contributed by atoms with Crippen molar-refractivity contribution in [1.29, 1.82) is 0 Å². The summed E-state index contributed by atoms with van der Waals surface area (Å²) in [6.07, 6.45) is 4.82. The average molecular weight is 321 g/mol. The van der Waals surface area contributed by atoms with E-state index in [1.807, 2.05) is 0 Å². The lowest BCUT2D eigenvalue weighted by Crippen LogP contribution is -2.42. The highest BCUT2D eigenvalue weighted by molar-refractivity contribution is 5.38. The maximum absolute atomic E-state index is 6.67. The second-order valence-corrected chi connectivity index (χ2v) is 7.24. The highest BCUT2D eigenvalue weighted by Crippen LogP contribution is 2.50. The maximum Gasteiger partial charge on any atom is 0.0967 e. The molecule has 24 heavy (non-hydrogen) atoms. The highest BCUT2D eigenvalue weighted by atomic mass is 16.5. The average Bonchev–Trinajstić information content (AvgIpc) is 2.93. The molecule has 1 atom stereocenters.